The van der Waals surface area contributed by atoms with E-state index in [4.69, 9.17) is 0 Å². The Hall–Kier alpha value is -3.04. The van der Waals surface area contributed by atoms with Crippen molar-refractivity contribution in [3.63, 3.8) is 0 Å². The van der Waals surface area contributed by atoms with Gasteiger partial charge in [-0.3, -0.25) is 19.5 Å². The Morgan fingerprint density at radius 1 is 1.19 bits per heavy atom. The van der Waals surface area contributed by atoms with E-state index in [1.165, 1.54) is 18.5 Å². The molecular weight excluding hydrogens is 410 g/mol. The Kier molecular flexibility index (Phi) is 4.57. The first kappa shape index (κ1) is 18.7. The predicted molar refractivity (Wildman–Crippen MR) is 120 cm³/mol. The standard InChI is InChI=1S/C22H23N7OS/c30-22(24-16-5-6-16)15-3-7-17(8-4-15)31-28-12-20-23-9-10-29(20)21(13-28)25-19-11-18(26-27-19)14-1-2-14/h3-4,7-11,13-14,16H,1-2,5-6,12H2,(H,24,30)(H2,25,26,27)/q+1. The summed E-state index contributed by atoms with van der Waals surface area (Å²) in [6.07, 6.45) is 10.5. The van der Waals surface area contributed by atoms with Gasteiger partial charge in [-0.2, -0.15) is 10.1 Å². The number of aromatic amines is 1. The van der Waals surface area contributed by atoms with Crippen molar-refractivity contribution in [1.82, 2.24) is 24.7 Å². The number of H-pyrrole nitrogens is 1. The molecule has 8 nitrogen and oxygen atoms in total. The van der Waals surface area contributed by atoms with Crippen molar-refractivity contribution >= 4 is 29.5 Å². The maximum Gasteiger partial charge on any atom is 0.285 e. The number of aromatic nitrogens is 2. The molecule has 0 atom stereocenters. The molecule has 3 heterocycles. The normalized spacial score (nSPS) is 20.3. The van der Waals surface area contributed by atoms with Gasteiger partial charge < -0.3 is 5.32 Å². The molecule has 4 aliphatic rings. The molecule has 157 valence electrons. The molecule has 3 N–H and O–H groups in total. The molecule has 2 saturated carbocycles. The number of benzene rings is 1. The van der Waals surface area contributed by atoms with E-state index in [2.05, 4.69) is 42.4 Å². The van der Waals surface area contributed by atoms with Crippen molar-refractivity contribution in [3.8, 4) is 0 Å². The van der Waals surface area contributed by atoms with Gasteiger partial charge in [0.05, 0.1) is 12.4 Å². The zero-order valence-electron chi connectivity index (χ0n) is 16.9. The molecule has 1 aromatic carbocycles. The monoisotopic (exact) mass is 433 g/mol. The molecule has 2 aromatic rings. The Morgan fingerprint density at radius 3 is 2.81 bits per heavy atom. The van der Waals surface area contributed by atoms with Gasteiger partial charge in [0, 0.05) is 34.2 Å². The van der Waals surface area contributed by atoms with Gasteiger partial charge in [0.1, 0.15) is 6.54 Å². The Bertz CT molecular complexity index is 1100. The quantitative estimate of drug-likeness (QED) is 0.460. The van der Waals surface area contributed by atoms with Crippen LogP contribution in [-0.4, -0.2) is 38.8 Å². The fraction of sp³-hybridized carbons (Fsp3) is 0.318. The van der Waals surface area contributed by atoms with Crippen LogP contribution in [0.2, 0.25) is 0 Å². The number of amidine groups is 1. The second kappa shape index (κ2) is 7.58. The summed E-state index contributed by atoms with van der Waals surface area (Å²) >= 11 is 1.62. The first-order valence-corrected chi connectivity index (χ1v) is 11.4. The molecule has 1 amide bonds. The zero-order valence-corrected chi connectivity index (χ0v) is 17.7. The van der Waals surface area contributed by atoms with E-state index in [1.807, 2.05) is 41.6 Å². The van der Waals surface area contributed by atoms with E-state index >= 15 is 0 Å². The fourth-order valence-corrected chi connectivity index (χ4v) is 4.50. The van der Waals surface area contributed by atoms with Crippen molar-refractivity contribution in [2.75, 3.05) is 11.9 Å². The largest absolute Gasteiger partial charge is 0.349 e. The highest BCUT2D eigenvalue weighted by atomic mass is 32.2. The van der Waals surface area contributed by atoms with E-state index in [-0.39, 0.29) is 5.91 Å². The second-order valence-electron chi connectivity index (χ2n) is 8.27. The molecule has 6 rings (SSSR count). The van der Waals surface area contributed by atoms with Crippen molar-refractivity contribution < 1.29 is 4.79 Å². The van der Waals surface area contributed by atoms with Crippen molar-refractivity contribution in [2.24, 2.45) is 4.99 Å². The summed E-state index contributed by atoms with van der Waals surface area (Å²) in [6, 6.07) is 10.2. The summed E-state index contributed by atoms with van der Waals surface area (Å²) in [5, 5.41) is 14.0. The minimum absolute atomic E-state index is 0.00926. The third-order valence-electron chi connectivity index (χ3n) is 5.66. The SMILES string of the molecule is O=C(NC1CC1)c1ccc(SN2C=C(Nc3cc(C4CC4)[nH]n3)[N+]3C=CN=C3C2)cc1. The summed E-state index contributed by atoms with van der Waals surface area (Å²) in [4.78, 5) is 19.8. The summed E-state index contributed by atoms with van der Waals surface area (Å²) in [5.74, 6) is 3.31. The lowest BCUT2D eigenvalue weighted by Crippen LogP contribution is -2.42. The number of anilines is 1. The highest BCUT2D eigenvalue weighted by Crippen LogP contribution is 2.39. The molecule has 2 aliphatic carbocycles. The number of nitrogens with one attached hydrogen (secondary N) is 3. The lowest BCUT2D eigenvalue weighted by Gasteiger charge is -2.24. The number of hydrogen-bond donors (Lipinski definition) is 3. The van der Waals surface area contributed by atoms with Crippen LogP contribution in [0.15, 0.2) is 64.6 Å². The average Bonchev–Trinajstić information content (AvgIpc) is 3.69. The van der Waals surface area contributed by atoms with Gasteiger partial charge >= 0.3 is 0 Å². The molecule has 2 aliphatic heterocycles. The van der Waals surface area contributed by atoms with Crippen molar-refractivity contribution in [1.29, 1.82) is 0 Å². The highest BCUT2D eigenvalue weighted by molar-refractivity contribution is 7.97. The van der Waals surface area contributed by atoms with Gasteiger partial charge in [0.25, 0.3) is 17.6 Å². The van der Waals surface area contributed by atoms with Crippen LogP contribution in [0.25, 0.3) is 0 Å². The van der Waals surface area contributed by atoms with E-state index in [0.717, 1.165) is 35.2 Å². The summed E-state index contributed by atoms with van der Waals surface area (Å²) in [7, 11) is 0. The molecule has 2 fully saturated rings. The lowest BCUT2D eigenvalue weighted by molar-refractivity contribution is 0.0951. The number of fused-ring (bicyclic) bond motifs is 1. The number of amides is 1. The Balaban J connectivity index is 1.16. The first-order valence-electron chi connectivity index (χ1n) is 10.6. The third-order valence-corrected chi connectivity index (χ3v) is 6.62. The number of hydrogen-bond acceptors (Lipinski definition) is 7. The molecule has 0 saturated heterocycles. The van der Waals surface area contributed by atoms with Crippen LogP contribution in [0.4, 0.5) is 5.82 Å². The summed E-state index contributed by atoms with van der Waals surface area (Å²) < 4.78 is 2.14. The van der Waals surface area contributed by atoms with E-state index in [0.29, 0.717) is 24.1 Å². The second-order valence-corrected chi connectivity index (χ2v) is 9.40. The number of rotatable bonds is 7. The third kappa shape index (κ3) is 4.11. The zero-order chi connectivity index (χ0) is 20.8. The van der Waals surface area contributed by atoms with Crippen molar-refractivity contribution in [2.45, 2.75) is 42.5 Å². The molecule has 0 bridgehead atoms. The van der Waals surface area contributed by atoms with Crippen LogP contribution in [0.3, 0.4) is 0 Å². The van der Waals surface area contributed by atoms with Crippen LogP contribution >= 0.6 is 11.9 Å². The highest BCUT2D eigenvalue weighted by Gasteiger charge is 2.38. The van der Waals surface area contributed by atoms with E-state index < -0.39 is 0 Å². The Labute approximate surface area is 184 Å². The first-order chi connectivity index (χ1) is 15.2. The minimum atomic E-state index is 0.00926. The van der Waals surface area contributed by atoms with Gasteiger partial charge in [-0.15, -0.1) is 0 Å². The summed E-state index contributed by atoms with van der Waals surface area (Å²) in [5.41, 5.74) is 1.90. The molecule has 0 unspecified atom stereocenters. The van der Waals surface area contributed by atoms with Crippen LogP contribution < -0.4 is 15.5 Å². The van der Waals surface area contributed by atoms with Gasteiger partial charge in [0.15, 0.2) is 12.0 Å². The molecule has 1 radical (unpaired) electrons. The number of aliphatic imine (C=N–C) groups is 1. The minimum Gasteiger partial charge on any atom is -0.349 e. The molecule has 1 aromatic heterocycles. The molecule has 0 spiro atoms. The summed E-state index contributed by atoms with van der Waals surface area (Å²) in [6.45, 7) is 0.681. The van der Waals surface area contributed by atoms with Gasteiger partial charge in [-0.25, -0.2) is 0 Å². The molecule has 9 heteroatoms. The topological polar surface area (TPSA) is 91.3 Å². The van der Waals surface area contributed by atoms with Crippen LogP contribution in [0.5, 0.6) is 0 Å². The van der Waals surface area contributed by atoms with Crippen LogP contribution in [0, 0.1) is 0 Å². The predicted octanol–water partition coefficient (Wildman–Crippen LogP) is 3.44. The van der Waals surface area contributed by atoms with Gasteiger partial charge in [0.2, 0.25) is 0 Å². The lowest BCUT2D eigenvalue weighted by atomic mass is 10.2. The van der Waals surface area contributed by atoms with Crippen molar-refractivity contribution in [3.05, 3.63) is 66.0 Å². The van der Waals surface area contributed by atoms with E-state index in [9.17, 15) is 4.79 Å². The number of carbonyl (C=O) groups is 1. The van der Waals surface area contributed by atoms with Crippen LogP contribution in [-0.2, 0) is 0 Å². The Morgan fingerprint density at radius 2 is 2.03 bits per heavy atom. The molecule has 31 heavy (non-hydrogen) atoms. The fourth-order valence-electron chi connectivity index (χ4n) is 3.64. The maximum atomic E-state index is 12.2. The van der Waals surface area contributed by atoms with E-state index in [1.54, 1.807) is 11.9 Å². The number of carbonyl (C=O) groups excluding carboxylic acids is 1. The molecular formula is C22H23N7OS+. The average molecular weight is 434 g/mol. The van der Waals surface area contributed by atoms with Gasteiger partial charge in [-0.05, 0) is 66.8 Å². The van der Waals surface area contributed by atoms with Crippen LogP contribution in [0.1, 0.15) is 47.7 Å². The number of nitrogens with zero attached hydrogens (tertiary/aromatic N) is 4. The smallest absolute Gasteiger partial charge is 0.285 e. The van der Waals surface area contributed by atoms with Gasteiger partial charge in [-0.1, -0.05) is 0 Å². The maximum absolute atomic E-state index is 12.2.